The molecular formula is C29H25Cl3F2N4O8. The van der Waals surface area contributed by atoms with Gasteiger partial charge in [0.25, 0.3) is 11.4 Å². The molecule has 0 unspecified atom stereocenters. The van der Waals surface area contributed by atoms with Crippen LogP contribution in [0.3, 0.4) is 0 Å². The van der Waals surface area contributed by atoms with Crippen molar-refractivity contribution in [3.63, 3.8) is 0 Å². The largest absolute Gasteiger partial charge is 0.414 e. The number of halogens is 5. The molecule has 0 bridgehead atoms. The zero-order valence-corrected chi connectivity index (χ0v) is 24.9. The maximum Gasteiger partial charge on any atom is 0.412 e. The summed E-state index contributed by atoms with van der Waals surface area (Å²) in [6, 6.07) is 18.9. The van der Waals surface area contributed by atoms with Crippen LogP contribution in [0.2, 0.25) is 10.0 Å². The molecule has 244 valence electrons. The van der Waals surface area contributed by atoms with Crippen LogP contribution in [0.4, 0.5) is 29.7 Å². The van der Waals surface area contributed by atoms with Crippen molar-refractivity contribution in [1.82, 2.24) is 5.32 Å². The third kappa shape index (κ3) is 13.0. The maximum absolute atomic E-state index is 13.2. The van der Waals surface area contributed by atoms with Gasteiger partial charge in [0.15, 0.2) is 0 Å². The Kier molecular flexibility index (Phi) is 16.6. The molecule has 12 nitrogen and oxygen atoms in total. The van der Waals surface area contributed by atoms with E-state index in [0.29, 0.717) is 11.1 Å². The SMILES string of the molecule is C.NCc1cccc(F)c1Cl.O=C(Cl)Oc1ccc([N+](=O)[O-])cc1.O=C(NCc1cccc(F)c1Cl)Oc1ccc([N+](=O)[O-])cc1. The summed E-state index contributed by atoms with van der Waals surface area (Å²) in [7, 11) is 0. The number of nitrogens with zero attached hydrogens (tertiary/aromatic N) is 2. The Morgan fingerprint density at radius 3 is 1.54 bits per heavy atom. The number of benzene rings is 4. The molecule has 46 heavy (non-hydrogen) atoms. The summed E-state index contributed by atoms with van der Waals surface area (Å²) in [4.78, 5) is 41.4. The predicted molar refractivity (Wildman–Crippen MR) is 168 cm³/mol. The molecule has 0 aliphatic carbocycles. The molecule has 4 aromatic rings. The third-order valence-electron chi connectivity index (χ3n) is 5.21. The fraction of sp³-hybridized carbons (Fsp3) is 0.103. The number of nitrogens with two attached hydrogens (primary N) is 1. The normalized spacial score (nSPS) is 9.61. The van der Waals surface area contributed by atoms with Gasteiger partial charge in [-0.05, 0) is 47.5 Å². The van der Waals surface area contributed by atoms with Crippen molar-refractivity contribution in [2.24, 2.45) is 5.73 Å². The Morgan fingerprint density at radius 2 is 1.15 bits per heavy atom. The molecule has 0 radical (unpaired) electrons. The number of rotatable bonds is 7. The van der Waals surface area contributed by atoms with E-state index in [1.165, 1.54) is 66.7 Å². The van der Waals surface area contributed by atoms with E-state index in [1.54, 1.807) is 18.2 Å². The van der Waals surface area contributed by atoms with E-state index < -0.39 is 33.0 Å². The summed E-state index contributed by atoms with van der Waals surface area (Å²) in [5, 5.41) is 23.2. The van der Waals surface area contributed by atoms with Crippen LogP contribution < -0.4 is 20.5 Å². The first-order valence-corrected chi connectivity index (χ1v) is 13.3. The number of hydrogen-bond donors (Lipinski definition) is 2. The lowest BCUT2D eigenvalue weighted by Crippen LogP contribution is -2.26. The molecule has 0 aromatic heterocycles. The lowest BCUT2D eigenvalue weighted by atomic mass is 10.2. The van der Waals surface area contributed by atoms with Crippen LogP contribution in [0.25, 0.3) is 0 Å². The second-order valence-corrected chi connectivity index (χ2v) is 9.28. The van der Waals surface area contributed by atoms with Crippen LogP contribution in [0.5, 0.6) is 11.5 Å². The van der Waals surface area contributed by atoms with Crippen LogP contribution in [-0.4, -0.2) is 21.4 Å². The highest BCUT2D eigenvalue weighted by Gasteiger charge is 2.10. The summed E-state index contributed by atoms with van der Waals surface area (Å²) in [6.45, 7) is 0.263. The Hall–Kier alpha value is -4.89. The lowest BCUT2D eigenvalue weighted by molar-refractivity contribution is -0.385. The zero-order valence-electron chi connectivity index (χ0n) is 22.6. The molecule has 17 heteroatoms. The van der Waals surface area contributed by atoms with E-state index in [4.69, 9.17) is 45.3 Å². The second kappa shape index (κ2) is 19.5. The number of amides is 1. The summed E-state index contributed by atoms with van der Waals surface area (Å²) < 4.78 is 35.2. The monoisotopic (exact) mass is 700 g/mol. The van der Waals surface area contributed by atoms with Gasteiger partial charge in [-0.25, -0.2) is 18.4 Å². The molecule has 0 aliphatic rings. The Bertz CT molecular complexity index is 1650. The van der Waals surface area contributed by atoms with Gasteiger partial charge in [0.05, 0.1) is 19.9 Å². The number of non-ortho nitro benzene ring substituents is 2. The molecule has 1 amide bonds. The minimum absolute atomic E-state index is 0. The number of ether oxygens (including phenoxy) is 2. The Morgan fingerprint density at radius 1 is 0.739 bits per heavy atom. The first-order chi connectivity index (χ1) is 21.3. The minimum atomic E-state index is -0.978. The summed E-state index contributed by atoms with van der Waals surface area (Å²) in [6.07, 6.45) is -0.783. The molecule has 0 fully saturated rings. The fourth-order valence-electron chi connectivity index (χ4n) is 3.07. The van der Waals surface area contributed by atoms with Crippen molar-refractivity contribution in [2.75, 3.05) is 0 Å². The van der Waals surface area contributed by atoms with Crippen molar-refractivity contribution < 1.29 is 37.7 Å². The van der Waals surface area contributed by atoms with Gasteiger partial charge in [0.1, 0.15) is 23.1 Å². The number of carbonyl (C=O) groups excluding carboxylic acids is 2. The van der Waals surface area contributed by atoms with Crippen molar-refractivity contribution in [1.29, 1.82) is 0 Å². The Labute approximate surface area is 275 Å². The number of hydrogen-bond acceptors (Lipinski definition) is 9. The van der Waals surface area contributed by atoms with Gasteiger partial charge in [-0.15, -0.1) is 0 Å². The van der Waals surface area contributed by atoms with Crippen LogP contribution in [0, 0.1) is 31.9 Å². The van der Waals surface area contributed by atoms with Crippen molar-refractivity contribution in [3.8, 4) is 11.5 Å². The lowest BCUT2D eigenvalue weighted by Gasteiger charge is -2.08. The molecule has 0 saturated heterocycles. The topological polar surface area (TPSA) is 177 Å². The van der Waals surface area contributed by atoms with E-state index in [-0.39, 0.29) is 53.4 Å². The van der Waals surface area contributed by atoms with Crippen LogP contribution in [0.1, 0.15) is 18.6 Å². The highest BCUT2D eigenvalue weighted by atomic mass is 35.5. The average Bonchev–Trinajstić information content (AvgIpc) is 3.00. The first-order valence-electron chi connectivity index (χ1n) is 12.2. The fourth-order valence-corrected chi connectivity index (χ4v) is 3.55. The van der Waals surface area contributed by atoms with E-state index in [9.17, 15) is 38.6 Å². The molecule has 0 aliphatic heterocycles. The van der Waals surface area contributed by atoms with Crippen molar-refractivity contribution in [2.45, 2.75) is 20.5 Å². The molecule has 0 atom stereocenters. The van der Waals surface area contributed by atoms with E-state index in [1.807, 2.05) is 0 Å². The van der Waals surface area contributed by atoms with Gasteiger partial charge in [-0.2, -0.15) is 0 Å². The van der Waals surface area contributed by atoms with Crippen molar-refractivity contribution in [3.05, 3.63) is 138 Å². The van der Waals surface area contributed by atoms with E-state index in [0.717, 1.165) is 0 Å². The molecule has 0 saturated carbocycles. The maximum atomic E-state index is 13.2. The number of nitrogens with one attached hydrogen (secondary N) is 1. The number of carbonyl (C=O) groups is 2. The summed E-state index contributed by atoms with van der Waals surface area (Å²) >= 11 is 16.2. The van der Waals surface area contributed by atoms with Gasteiger partial charge in [-0.3, -0.25) is 20.2 Å². The van der Waals surface area contributed by atoms with Gasteiger partial charge < -0.3 is 20.5 Å². The van der Waals surface area contributed by atoms with Gasteiger partial charge in [0.2, 0.25) is 0 Å². The highest BCUT2D eigenvalue weighted by Crippen LogP contribution is 2.21. The second-order valence-electron chi connectivity index (χ2n) is 8.21. The van der Waals surface area contributed by atoms with E-state index >= 15 is 0 Å². The molecule has 0 spiro atoms. The quantitative estimate of drug-likeness (QED) is 0.108. The number of nitro benzene ring substituents is 2. The Balaban J connectivity index is 0.000000375. The zero-order chi connectivity index (χ0) is 33.5. The molecular weight excluding hydrogens is 677 g/mol. The summed E-state index contributed by atoms with van der Waals surface area (Å²) in [5.41, 5.74) is 5.15. The van der Waals surface area contributed by atoms with Crippen LogP contribution in [-0.2, 0) is 13.1 Å². The summed E-state index contributed by atoms with van der Waals surface area (Å²) in [5.74, 6) is -0.673. The first kappa shape index (κ1) is 39.1. The average molecular weight is 702 g/mol. The molecule has 4 rings (SSSR count). The molecule has 3 N–H and O–H groups in total. The smallest absolute Gasteiger partial charge is 0.412 e. The predicted octanol–water partition coefficient (Wildman–Crippen LogP) is 8.58. The third-order valence-corrected chi connectivity index (χ3v) is 6.13. The standard InChI is InChI=1S/C14H10ClFN2O4.C7H7ClFN.C7H4ClNO4.CH4/c15-13-9(2-1-3-12(13)16)8-17-14(19)22-11-6-4-10(5-7-11)18(20)21;8-7-5(4-10)2-1-3-6(7)9;8-7(10)13-6-3-1-5(2-4-6)9(11)12;/h1-7H,8H2,(H,17,19);1-3H,4,10H2;1-4H;1H4. The highest BCUT2D eigenvalue weighted by molar-refractivity contribution is 6.61. The van der Waals surface area contributed by atoms with Gasteiger partial charge >= 0.3 is 11.5 Å². The van der Waals surface area contributed by atoms with Crippen LogP contribution >= 0.6 is 34.8 Å². The van der Waals surface area contributed by atoms with Gasteiger partial charge in [-0.1, -0.05) is 54.9 Å². The molecule has 4 aromatic carbocycles. The minimum Gasteiger partial charge on any atom is -0.414 e. The van der Waals surface area contributed by atoms with Crippen molar-refractivity contribution >= 4 is 57.7 Å². The molecule has 0 heterocycles. The van der Waals surface area contributed by atoms with Gasteiger partial charge in [0, 0.05) is 49.0 Å². The van der Waals surface area contributed by atoms with E-state index in [2.05, 4.69) is 10.1 Å². The van der Waals surface area contributed by atoms with Crippen LogP contribution in [0.15, 0.2) is 84.9 Å². The number of nitro groups is 2.